The lowest BCUT2D eigenvalue weighted by molar-refractivity contribution is 0.198. The van der Waals surface area contributed by atoms with E-state index in [4.69, 9.17) is 11.5 Å². The Bertz CT molecular complexity index is 340. The van der Waals surface area contributed by atoms with E-state index in [1.54, 1.807) is 6.07 Å². The van der Waals surface area contributed by atoms with E-state index in [2.05, 4.69) is 4.90 Å². The molecule has 4 heteroatoms. The summed E-state index contributed by atoms with van der Waals surface area (Å²) in [4.78, 5) is 2.11. The normalized spacial score (nSPS) is 21.5. The average Bonchev–Trinajstić information content (AvgIpc) is 2.57. The summed E-state index contributed by atoms with van der Waals surface area (Å²) in [7, 11) is 0. The Hall–Kier alpha value is -1.42. The maximum atomic E-state index is 9.39. The number of nitrogens with zero attached hydrogens (tertiary/aromatic N) is 1. The molecule has 1 heterocycles. The predicted molar refractivity (Wildman–Crippen MR) is 58.1 cm³/mol. The van der Waals surface area contributed by atoms with Crippen molar-refractivity contribution in [2.45, 2.75) is 12.5 Å². The number of rotatable bonds is 1. The predicted octanol–water partition coefficient (Wildman–Crippen LogP) is 0.422. The largest absolute Gasteiger partial charge is 0.397 e. The molecule has 0 saturated carbocycles. The van der Waals surface area contributed by atoms with E-state index in [9.17, 15) is 5.11 Å². The van der Waals surface area contributed by atoms with E-state index in [1.807, 2.05) is 12.1 Å². The summed E-state index contributed by atoms with van der Waals surface area (Å²) >= 11 is 0. The first-order valence-electron chi connectivity index (χ1n) is 4.75. The van der Waals surface area contributed by atoms with Gasteiger partial charge in [0.05, 0.1) is 17.5 Å². The van der Waals surface area contributed by atoms with Crippen molar-refractivity contribution in [3.05, 3.63) is 18.2 Å². The van der Waals surface area contributed by atoms with Gasteiger partial charge in [-0.2, -0.15) is 0 Å². The summed E-state index contributed by atoms with van der Waals surface area (Å²) in [5, 5.41) is 9.39. The highest BCUT2D eigenvalue weighted by Gasteiger charge is 2.20. The number of hydrogen-bond acceptors (Lipinski definition) is 4. The molecule has 2 rings (SSSR count). The molecule has 0 spiro atoms. The highest BCUT2D eigenvalue weighted by atomic mass is 16.3. The van der Waals surface area contributed by atoms with Crippen molar-refractivity contribution < 1.29 is 5.11 Å². The van der Waals surface area contributed by atoms with Crippen LogP contribution >= 0.6 is 0 Å². The second-order valence-electron chi connectivity index (χ2n) is 3.70. The van der Waals surface area contributed by atoms with Gasteiger partial charge in [0.1, 0.15) is 0 Å². The van der Waals surface area contributed by atoms with Crippen molar-refractivity contribution in [2.24, 2.45) is 0 Å². The molecule has 4 nitrogen and oxygen atoms in total. The molecule has 76 valence electrons. The van der Waals surface area contributed by atoms with Gasteiger partial charge in [-0.3, -0.25) is 0 Å². The summed E-state index contributed by atoms with van der Waals surface area (Å²) in [6.45, 7) is 1.56. The van der Waals surface area contributed by atoms with Gasteiger partial charge in [-0.05, 0) is 24.6 Å². The minimum absolute atomic E-state index is 0.214. The van der Waals surface area contributed by atoms with Crippen LogP contribution in [0.1, 0.15) is 6.42 Å². The van der Waals surface area contributed by atoms with Gasteiger partial charge in [0.25, 0.3) is 0 Å². The topological polar surface area (TPSA) is 75.5 Å². The zero-order valence-electron chi connectivity index (χ0n) is 7.98. The fourth-order valence-electron chi connectivity index (χ4n) is 1.74. The fourth-order valence-corrected chi connectivity index (χ4v) is 1.74. The Balaban J connectivity index is 2.20. The third-order valence-electron chi connectivity index (χ3n) is 2.60. The summed E-state index contributed by atoms with van der Waals surface area (Å²) < 4.78 is 0. The maximum Gasteiger partial charge on any atom is 0.0731 e. The standard InChI is InChI=1S/C10H15N3O/c11-9-2-1-7(5-10(9)12)13-4-3-8(14)6-13/h1-2,5,8,14H,3-4,6,11-12H2. The summed E-state index contributed by atoms with van der Waals surface area (Å²) in [5.74, 6) is 0. The lowest BCUT2D eigenvalue weighted by Crippen LogP contribution is -2.21. The molecule has 1 aromatic carbocycles. The number of β-amino-alcohol motifs (C(OH)–C–C–N with tert-alkyl or cyclic N) is 1. The second kappa shape index (κ2) is 3.38. The highest BCUT2D eigenvalue weighted by Crippen LogP contribution is 2.25. The van der Waals surface area contributed by atoms with Crippen molar-refractivity contribution in [1.82, 2.24) is 0 Å². The maximum absolute atomic E-state index is 9.39. The lowest BCUT2D eigenvalue weighted by Gasteiger charge is -2.18. The number of anilines is 3. The van der Waals surface area contributed by atoms with Crippen molar-refractivity contribution in [3.63, 3.8) is 0 Å². The monoisotopic (exact) mass is 193 g/mol. The molecule has 1 saturated heterocycles. The third kappa shape index (κ3) is 1.61. The van der Waals surface area contributed by atoms with Crippen LogP contribution in [0.25, 0.3) is 0 Å². The Morgan fingerprint density at radius 1 is 1.29 bits per heavy atom. The van der Waals surface area contributed by atoms with E-state index in [0.717, 1.165) is 18.7 Å². The van der Waals surface area contributed by atoms with E-state index >= 15 is 0 Å². The number of aliphatic hydroxyl groups excluding tert-OH is 1. The molecule has 0 aromatic heterocycles. The minimum atomic E-state index is -0.214. The molecule has 0 bridgehead atoms. The smallest absolute Gasteiger partial charge is 0.0731 e. The molecular weight excluding hydrogens is 178 g/mol. The molecule has 1 fully saturated rings. The summed E-state index contributed by atoms with van der Waals surface area (Å²) in [5.41, 5.74) is 13.6. The Labute approximate surface area is 83.1 Å². The number of nitrogens with two attached hydrogens (primary N) is 2. The summed E-state index contributed by atoms with van der Waals surface area (Å²) in [6, 6.07) is 5.59. The molecule has 1 aromatic rings. The first-order chi connectivity index (χ1) is 6.66. The zero-order chi connectivity index (χ0) is 10.1. The molecule has 0 aliphatic carbocycles. The van der Waals surface area contributed by atoms with Gasteiger partial charge in [0.15, 0.2) is 0 Å². The first-order valence-corrected chi connectivity index (χ1v) is 4.75. The van der Waals surface area contributed by atoms with Crippen LogP contribution < -0.4 is 16.4 Å². The fraction of sp³-hybridized carbons (Fsp3) is 0.400. The van der Waals surface area contributed by atoms with E-state index in [0.29, 0.717) is 17.9 Å². The molecule has 0 radical (unpaired) electrons. The van der Waals surface area contributed by atoms with Crippen LogP contribution in [0.15, 0.2) is 18.2 Å². The molecule has 1 unspecified atom stereocenters. The van der Waals surface area contributed by atoms with E-state index < -0.39 is 0 Å². The number of hydrogen-bond donors (Lipinski definition) is 3. The lowest BCUT2D eigenvalue weighted by atomic mass is 10.2. The van der Waals surface area contributed by atoms with E-state index in [-0.39, 0.29) is 6.10 Å². The Kier molecular flexibility index (Phi) is 2.21. The third-order valence-corrected chi connectivity index (χ3v) is 2.60. The molecule has 1 aliphatic heterocycles. The molecule has 0 amide bonds. The molecule has 5 N–H and O–H groups in total. The van der Waals surface area contributed by atoms with Crippen LogP contribution in [0.2, 0.25) is 0 Å². The molecule has 14 heavy (non-hydrogen) atoms. The van der Waals surface area contributed by atoms with Crippen LogP contribution in [-0.2, 0) is 0 Å². The quantitative estimate of drug-likeness (QED) is 0.565. The van der Waals surface area contributed by atoms with Gasteiger partial charge in [-0.1, -0.05) is 0 Å². The van der Waals surface area contributed by atoms with Gasteiger partial charge in [0, 0.05) is 18.8 Å². The van der Waals surface area contributed by atoms with Gasteiger partial charge in [-0.25, -0.2) is 0 Å². The highest BCUT2D eigenvalue weighted by molar-refractivity contribution is 5.70. The van der Waals surface area contributed by atoms with Crippen LogP contribution in [0, 0.1) is 0 Å². The summed E-state index contributed by atoms with van der Waals surface area (Å²) in [6.07, 6.45) is 0.610. The van der Waals surface area contributed by atoms with Crippen LogP contribution in [0.4, 0.5) is 17.1 Å². The van der Waals surface area contributed by atoms with Crippen molar-refractivity contribution in [3.8, 4) is 0 Å². The van der Waals surface area contributed by atoms with Gasteiger partial charge < -0.3 is 21.5 Å². The van der Waals surface area contributed by atoms with Gasteiger partial charge in [-0.15, -0.1) is 0 Å². The Morgan fingerprint density at radius 2 is 2.07 bits per heavy atom. The minimum Gasteiger partial charge on any atom is -0.397 e. The second-order valence-corrected chi connectivity index (χ2v) is 3.70. The number of nitrogen functional groups attached to an aromatic ring is 2. The first kappa shape index (κ1) is 9.15. The van der Waals surface area contributed by atoms with Crippen LogP contribution in [0.3, 0.4) is 0 Å². The molecule has 1 aliphatic rings. The van der Waals surface area contributed by atoms with Crippen molar-refractivity contribution in [1.29, 1.82) is 0 Å². The number of aliphatic hydroxyl groups is 1. The molecule has 1 atom stereocenters. The van der Waals surface area contributed by atoms with Gasteiger partial charge in [0.2, 0.25) is 0 Å². The Morgan fingerprint density at radius 3 is 2.64 bits per heavy atom. The van der Waals surface area contributed by atoms with E-state index in [1.165, 1.54) is 0 Å². The van der Waals surface area contributed by atoms with Crippen LogP contribution in [0.5, 0.6) is 0 Å². The SMILES string of the molecule is Nc1ccc(N2CCC(O)C2)cc1N. The molecular formula is C10H15N3O. The average molecular weight is 193 g/mol. The van der Waals surface area contributed by atoms with Crippen molar-refractivity contribution in [2.75, 3.05) is 29.5 Å². The van der Waals surface area contributed by atoms with Crippen molar-refractivity contribution >= 4 is 17.1 Å². The number of benzene rings is 1. The van der Waals surface area contributed by atoms with Crippen LogP contribution in [-0.4, -0.2) is 24.3 Å². The zero-order valence-corrected chi connectivity index (χ0v) is 7.98. The van der Waals surface area contributed by atoms with Gasteiger partial charge >= 0.3 is 0 Å².